The van der Waals surface area contributed by atoms with Gasteiger partial charge in [-0.05, 0) is 33.3 Å². The maximum Gasteiger partial charge on any atom is 0.338 e. The van der Waals surface area contributed by atoms with Crippen LogP contribution in [0.2, 0.25) is 0 Å². The number of benzene rings is 1. The van der Waals surface area contributed by atoms with Gasteiger partial charge in [0, 0.05) is 51.5 Å². The third-order valence-electron chi connectivity index (χ3n) is 6.12. The van der Waals surface area contributed by atoms with E-state index in [1.807, 2.05) is 49.9 Å². The van der Waals surface area contributed by atoms with Gasteiger partial charge in [-0.2, -0.15) is 0 Å². The monoisotopic (exact) mass is 457 g/mol. The first-order valence-corrected chi connectivity index (χ1v) is 11.5. The number of hydrogen-bond acceptors (Lipinski definition) is 5. The molecule has 1 aromatic rings. The van der Waals surface area contributed by atoms with Crippen LogP contribution < -0.4 is 10.6 Å². The minimum Gasteiger partial charge on any atom is -0.463 e. The second kappa shape index (κ2) is 10.7. The van der Waals surface area contributed by atoms with Gasteiger partial charge in [-0.1, -0.05) is 29.8 Å². The Balaban J connectivity index is 1.93. The molecule has 4 amide bonds. The fourth-order valence-electron chi connectivity index (χ4n) is 4.44. The molecule has 0 radical (unpaired) electrons. The number of hydrogen-bond donors (Lipinski definition) is 2. The number of carbonyl (C=O) groups is 3. The molecule has 0 bridgehead atoms. The van der Waals surface area contributed by atoms with Crippen molar-refractivity contribution in [2.24, 2.45) is 0 Å². The topological polar surface area (TPSA) is 94.2 Å². The number of amides is 4. The van der Waals surface area contributed by atoms with E-state index in [4.69, 9.17) is 4.74 Å². The van der Waals surface area contributed by atoms with E-state index in [1.165, 1.54) is 4.90 Å². The molecule has 2 heterocycles. The normalized spacial score (nSPS) is 21.7. The lowest BCUT2D eigenvalue weighted by atomic mass is 9.93. The molecule has 3 rings (SSSR count). The molecule has 0 aromatic heterocycles. The number of esters is 1. The number of aryl methyl sites for hydroxylation is 1. The molecule has 2 atom stereocenters. The Kier molecular flexibility index (Phi) is 7.97. The van der Waals surface area contributed by atoms with Gasteiger partial charge in [0.25, 0.3) is 0 Å². The van der Waals surface area contributed by atoms with E-state index in [-0.39, 0.29) is 24.7 Å². The zero-order chi connectivity index (χ0) is 24.1. The Bertz CT molecular complexity index is 931. The number of nitrogens with zero attached hydrogens (tertiary/aromatic N) is 3. The van der Waals surface area contributed by atoms with Crippen LogP contribution in [0.5, 0.6) is 0 Å². The summed E-state index contributed by atoms with van der Waals surface area (Å²) in [5.74, 6) is -0.431. The summed E-state index contributed by atoms with van der Waals surface area (Å²) in [5, 5.41) is 5.82. The lowest BCUT2D eigenvalue weighted by Crippen LogP contribution is -2.57. The molecule has 9 heteroatoms. The van der Waals surface area contributed by atoms with Crippen LogP contribution >= 0.6 is 0 Å². The van der Waals surface area contributed by atoms with Crippen LogP contribution in [-0.2, 0) is 9.53 Å². The third-order valence-corrected chi connectivity index (χ3v) is 6.12. The van der Waals surface area contributed by atoms with E-state index < -0.39 is 12.0 Å². The van der Waals surface area contributed by atoms with Crippen LogP contribution in [0, 0.1) is 6.92 Å². The van der Waals surface area contributed by atoms with Gasteiger partial charge < -0.3 is 20.3 Å². The van der Waals surface area contributed by atoms with Crippen molar-refractivity contribution in [3.05, 3.63) is 46.7 Å². The lowest BCUT2D eigenvalue weighted by Gasteiger charge is -2.42. The Labute approximate surface area is 195 Å². The molecular weight excluding hydrogens is 422 g/mol. The molecule has 0 aliphatic carbocycles. The quantitative estimate of drug-likeness (QED) is 0.639. The van der Waals surface area contributed by atoms with Crippen molar-refractivity contribution in [2.45, 2.75) is 39.8 Å². The summed E-state index contributed by atoms with van der Waals surface area (Å²) in [6.45, 7) is 10.8. The van der Waals surface area contributed by atoms with Crippen molar-refractivity contribution >= 4 is 18.0 Å². The van der Waals surface area contributed by atoms with Crippen LogP contribution in [0.4, 0.5) is 9.59 Å². The highest BCUT2D eigenvalue weighted by atomic mass is 16.5. The van der Waals surface area contributed by atoms with Gasteiger partial charge in [-0.25, -0.2) is 14.4 Å². The van der Waals surface area contributed by atoms with Gasteiger partial charge in [0.1, 0.15) is 0 Å². The van der Waals surface area contributed by atoms with Crippen LogP contribution in [0.3, 0.4) is 0 Å². The van der Waals surface area contributed by atoms with Crippen LogP contribution in [0.25, 0.3) is 0 Å². The summed E-state index contributed by atoms with van der Waals surface area (Å²) in [6, 6.07) is 6.87. The maximum atomic E-state index is 13.1. The highest BCUT2D eigenvalue weighted by Crippen LogP contribution is 2.32. The first-order valence-electron chi connectivity index (χ1n) is 11.5. The maximum absolute atomic E-state index is 13.1. The van der Waals surface area contributed by atoms with E-state index in [1.54, 1.807) is 14.0 Å². The predicted molar refractivity (Wildman–Crippen MR) is 126 cm³/mol. The van der Waals surface area contributed by atoms with Crippen molar-refractivity contribution in [3.63, 3.8) is 0 Å². The Morgan fingerprint density at radius 2 is 2.00 bits per heavy atom. The van der Waals surface area contributed by atoms with Crippen molar-refractivity contribution in [1.82, 2.24) is 25.3 Å². The second-order valence-electron chi connectivity index (χ2n) is 8.55. The fourth-order valence-corrected chi connectivity index (χ4v) is 4.44. The number of carbonyl (C=O) groups excluding carboxylic acids is 3. The fraction of sp³-hybridized carbons (Fsp3) is 0.542. The number of urea groups is 2. The SMILES string of the molecule is CCNC(=O)N1CCN(CC2=C(C(=O)OCC)[C@H](c3cccc(C)c3)NC(=O)N2C)C[C@@H]1C. The molecule has 0 spiro atoms. The van der Waals surface area contributed by atoms with Crippen molar-refractivity contribution in [1.29, 1.82) is 0 Å². The molecule has 2 aliphatic rings. The minimum atomic E-state index is -0.586. The van der Waals surface area contributed by atoms with Gasteiger partial charge in [-0.3, -0.25) is 9.80 Å². The van der Waals surface area contributed by atoms with Crippen LogP contribution in [0.15, 0.2) is 35.5 Å². The molecule has 33 heavy (non-hydrogen) atoms. The van der Waals surface area contributed by atoms with Crippen LogP contribution in [-0.4, -0.2) is 85.2 Å². The largest absolute Gasteiger partial charge is 0.463 e. The Morgan fingerprint density at radius 3 is 2.64 bits per heavy atom. The highest BCUT2D eigenvalue weighted by Gasteiger charge is 2.38. The summed E-state index contributed by atoms with van der Waals surface area (Å²) < 4.78 is 5.41. The first-order chi connectivity index (χ1) is 15.8. The Morgan fingerprint density at radius 1 is 1.24 bits per heavy atom. The zero-order valence-corrected chi connectivity index (χ0v) is 20.2. The average Bonchev–Trinajstić information content (AvgIpc) is 2.77. The summed E-state index contributed by atoms with van der Waals surface area (Å²) in [7, 11) is 1.67. The van der Waals surface area contributed by atoms with Gasteiger partial charge in [-0.15, -0.1) is 0 Å². The molecular formula is C24H35N5O4. The number of rotatable bonds is 6. The molecule has 1 aromatic carbocycles. The van der Waals surface area contributed by atoms with Gasteiger partial charge in [0.05, 0.1) is 18.2 Å². The van der Waals surface area contributed by atoms with Gasteiger partial charge in [0.15, 0.2) is 0 Å². The van der Waals surface area contributed by atoms with Crippen molar-refractivity contribution in [2.75, 3.05) is 46.4 Å². The standard InChI is InChI=1S/C24H35N5O4/c1-6-25-23(31)29-12-11-28(14-17(29)4)15-19-20(22(30)33-7-2)21(26-24(32)27(19)5)18-10-8-9-16(3)13-18/h8-10,13,17,21H,6-7,11-12,14-15H2,1-5H3,(H,25,31)(H,26,32)/t17-,21-/m0/s1. The summed E-state index contributed by atoms with van der Waals surface area (Å²) >= 11 is 0. The molecule has 2 N–H and O–H groups in total. The number of likely N-dealkylation sites (N-methyl/N-ethyl adjacent to an activating group) is 1. The van der Waals surface area contributed by atoms with Crippen molar-refractivity contribution in [3.8, 4) is 0 Å². The predicted octanol–water partition coefficient (Wildman–Crippen LogP) is 2.24. The Hall–Kier alpha value is -3.07. The van der Waals surface area contributed by atoms with E-state index in [0.717, 1.165) is 11.1 Å². The molecule has 2 aliphatic heterocycles. The number of nitrogens with one attached hydrogen (secondary N) is 2. The third kappa shape index (κ3) is 5.47. The van der Waals surface area contributed by atoms with E-state index >= 15 is 0 Å². The smallest absolute Gasteiger partial charge is 0.338 e. The zero-order valence-electron chi connectivity index (χ0n) is 20.2. The second-order valence-corrected chi connectivity index (χ2v) is 8.55. The van der Waals surface area contributed by atoms with Crippen molar-refractivity contribution < 1.29 is 19.1 Å². The molecule has 180 valence electrons. The summed E-state index contributed by atoms with van der Waals surface area (Å²) in [5.41, 5.74) is 2.96. The van der Waals surface area contributed by atoms with E-state index in [0.29, 0.717) is 44.0 Å². The van der Waals surface area contributed by atoms with E-state index in [2.05, 4.69) is 15.5 Å². The number of ether oxygens (including phenoxy) is 1. The molecule has 9 nitrogen and oxygen atoms in total. The highest BCUT2D eigenvalue weighted by molar-refractivity contribution is 5.95. The molecule has 1 saturated heterocycles. The molecule has 0 saturated carbocycles. The molecule has 1 fully saturated rings. The first kappa shape index (κ1) is 24.6. The number of piperazine rings is 1. The lowest BCUT2D eigenvalue weighted by molar-refractivity contribution is -0.139. The van der Waals surface area contributed by atoms with Gasteiger partial charge in [0.2, 0.25) is 0 Å². The molecule has 0 unspecified atom stereocenters. The average molecular weight is 458 g/mol. The summed E-state index contributed by atoms with van der Waals surface area (Å²) in [6.07, 6.45) is 0. The van der Waals surface area contributed by atoms with Gasteiger partial charge >= 0.3 is 18.0 Å². The van der Waals surface area contributed by atoms with E-state index in [9.17, 15) is 14.4 Å². The minimum absolute atomic E-state index is 0.00670. The summed E-state index contributed by atoms with van der Waals surface area (Å²) in [4.78, 5) is 43.8. The van der Waals surface area contributed by atoms with Crippen LogP contribution in [0.1, 0.15) is 37.9 Å².